The van der Waals surface area contributed by atoms with Crippen LogP contribution < -0.4 is 20.3 Å². The van der Waals surface area contributed by atoms with Gasteiger partial charge in [0.05, 0.1) is 19.3 Å². The van der Waals surface area contributed by atoms with Crippen LogP contribution in [0.4, 0.5) is 5.69 Å². The maximum absolute atomic E-state index is 6.20. The Morgan fingerprint density at radius 2 is 2.10 bits per heavy atom. The van der Waals surface area contributed by atoms with Crippen molar-refractivity contribution in [3.8, 4) is 17.1 Å². The van der Waals surface area contributed by atoms with Crippen molar-refractivity contribution in [1.29, 1.82) is 0 Å². The zero-order valence-corrected chi connectivity index (χ0v) is 18.4. The van der Waals surface area contributed by atoms with Gasteiger partial charge in [0.1, 0.15) is 11.4 Å². The van der Waals surface area contributed by atoms with Crippen LogP contribution in [0.5, 0.6) is 5.75 Å². The van der Waals surface area contributed by atoms with E-state index in [1.807, 2.05) is 54.6 Å². The predicted octanol–water partition coefficient (Wildman–Crippen LogP) is 3.95. The summed E-state index contributed by atoms with van der Waals surface area (Å²) >= 11 is 6.20. The SMILES string of the molecule is CN=C(NCc1cc(-c2ccccc2)on1)NC1CCN(c2cc(Cl)ccc2OC)C1. The van der Waals surface area contributed by atoms with Gasteiger partial charge in [0, 0.05) is 42.8 Å². The number of anilines is 1. The lowest BCUT2D eigenvalue weighted by Crippen LogP contribution is -2.44. The van der Waals surface area contributed by atoms with Crippen molar-refractivity contribution in [2.24, 2.45) is 4.99 Å². The van der Waals surface area contributed by atoms with Crippen LogP contribution in [0.3, 0.4) is 0 Å². The number of aliphatic imine (C=N–C) groups is 1. The van der Waals surface area contributed by atoms with Crippen LogP contribution in [-0.4, -0.2) is 44.4 Å². The number of hydrogen-bond donors (Lipinski definition) is 2. The highest BCUT2D eigenvalue weighted by atomic mass is 35.5. The fraction of sp³-hybridized carbons (Fsp3) is 0.304. The summed E-state index contributed by atoms with van der Waals surface area (Å²) in [7, 11) is 3.44. The number of nitrogens with zero attached hydrogens (tertiary/aromatic N) is 3. The molecular weight excluding hydrogens is 414 g/mol. The van der Waals surface area contributed by atoms with Crippen molar-refractivity contribution in [2.75, 3.05) is 32.1 Å². The molecule has 2 heterocycles. The number of benzene rings is 2. The molecule has 1 aliphatic rings. The van der Waals surface area contributed by atoms with Crippen LogP contribution in [0.25, 0.3) is 11.3 Å². The zero-order valence-electron chi connectivity index (χ0n) is 17.6. The minimum atomic E-state index is 0.257. The van der Waals surface area contributed by atoms with E-state index in [1.54, 1.807) is 14.2 Å². The van der Waals surface area contributed by atoms with Crippen LogP contribution in [-0.2, 0) is 6.54 Å². The molecule has 1 unspecified atom stereocenters. The lowest BCUT2D eigenvalue weighted by molar-refractivity contribution is 0.415. The molecule has 1 aromatic heterocycles. The summed E-state index contributed by atoms with van der Waals surface area (Å²) in [5, 5.41) is 11.7. The van der Waals surface area contributed by atoms with Crippen LogP contribution in [0, 0.1) is 0 Å². The van der Waals surface area contributed by atoms with Gasteiger partial charge < -0.3 is 24.8 Å². The van der Waals surface area contributed by atoms with Gasteiger partial charge in [-0.3, -0.25) is 4.99 Å². The van der Waals surface area contributed by atoms with Gasteiger partial charge in [-0.1, -0.05) is 47.1 Å². The normalized spacial score (nSPS) is 16.4. The van der Waals surface area contributed by atoms with Crippen LogP contribution >= 0.6 is 11.6 Å². The van der Waals surface area contributed by atoms with Gasteiger partial charge in [-0.2, -0.15) is 0 Å². The molecule has 7 nitrogen and oxygen atoms in total. The molecule has 2 aromatic carbocycles. The van der Waals surface area contributed by atoms with E-state index in [1.165, 1.54) is 0 Å². The Balaban J connectivity index is 1.32. The van der Waals surface area contributed by atoms with Gasteiger partial charge in [-0.15, -0.1) is 0 Å². The first-order valence-electron chi connectivity index (χ1n) is 10.2. The lowest BCUT2D eigenvalue weighted by Gasteiger charge is -2.22. The molecule has 0 radical (unpaired) electrons. The Labute approximate surface area is 187 Å². The molecule has 3 aromatic rings. The van der Waals surface area contributed by atoms with Crippen molar-refractivity contribution in [1.82, 2.24) is 15.8 Å². The summed E-state index contributed by atoms with van der Waals surface area (Å²) in [4.78, 5) is 6.63. The van der Waals surface area contributed by atoms with Gasteiger partial charge in [-0.25, -0.2) is 0 Å². The molecule has 1 saturated heterocycles. The van der Waals surface area contributed by atoms with E-state index >= 15 is 0 Å². The summed E-state index contributed by atoms with van der Waals surface area (Å²) < 4.78 is 11.0. The van der Waals surface area contributed by atoms with Gasteiger partial charge in [0.15, 0.2) is 11.7 Å². The number of methoxy groups -OCH3 is 1. The van der Waals surface area contributed by atoms with Crippen molar-refractivity contribution >= 4 is 23.2 Å². The van der Waals surface area contributed by atoms with Crippen LogP contribution in [0.15, 0.2) is 64.1 Å². The Hall–Kier alpha value is -3.19. The van der Waals surface area contributed by atoms with Crippen LogP contribution in [0.1, 0.15) is 12.1 Å². The smallest absolute Gasteiger partial charge is 0.191 e. The molecule has 1 atom stereocenters. The minimum Gasteiger partial charge on any atom is -0.495 e. The molecular formula is C23H26ClN5O2. The lowest BCUT2D eigenvalue weighted by atomic mass is 10.2. The second kappa shape index (κ2) is 9.75. The second-order valence-electron chi connectivity index (χ2n) is 7.37. The third kappa shape index (κ3) is 5.11. The quantitative estimate of drug-likeness (QED) is 0.447. The van der Waals surface area contributed by atoms with E-state index in [-0.39, 0.29) is 6.04 Å². The third-order valence-corrected chi connectivity index (χ3v) is 5.52. The zero-order chi connectivity index (χ0) is 21.6. The molecule has 0 spiro atoms. The van der Waals surface area contributed by atoms with Crippen molar-refractivity contribution in [3.05, 3.63) is 65.3 Å². The summed E-state index contributed by atoms with van der Waals surface area (Å²) in [6, 6.07) is 17.8. The monoisotopic (exact) mass is 439 g/mol. The molecule has 0 saturated carbocycles. The van der Waals surface area contributed by atoms with Crippen molar-refractivity contribution < 1.29 is 9.26 Å². The number of rotatable bonds is 6. The fourth-order valence-corrected chi connectivity index (χ4v) is 3.87. The molecule has 8 heteroatoms. The topological polar surface area (TPSA) is 74.9 Å². The predicted molar refractivity (Wildman–Crippen MR) is 124 cm³/mol. The fourth-order valence-electron chi connectivity index (χ4n) is 3.70. The second-order valence-corrected chi connectivity index (χ2v) is 7.80. The average molecular weight is 440 g/mol. The first-order chi connectivity index (χ1) is 15.2. The van der Waals surface area contributed by atoms with E-state index in [9.17, 15) is 0 Å². The Morgan fingerprint density at radius 1 is 1.26 bits per heavy atom. The van der Waals surface area contributed by atoms with Gasteiger partial charge in [-0.05, 0) is 24.6 Å². The van der Waals surface area contributed by atoms with Crippen molar-refractivity contribution in [2.45, 2.75) is 19.0 Å². The molecule has 0 amide bonds. The number of halogens is 1. The molecule has 1 fully saturated rings. The van der Waals surface area contributed by atoms with Crippen LogP contribution in [0.2, 0.25) is 5.02 Å². The number of ether oxygens (including phenoxy) is 1. The van der Waals surface area contributed by atoms with E-state index in [0.29, 0.717) is 11.6 Å². The minimum absolute atomic E-state index is 0.257. The highest BCUT2D eigenvalue weighted by molar-refractivity contribution is 6.30. The van der Waals surface area contributed by atoms with Gasteiger partial charge in [0.2, 0.25) is 0 Å². The van der Waals surface area contributed by atoms with E-state index in [2.05, 4.69) is 25.7 Å². The molecule has 162 valence electrons. The van der Waals surface area contributed by atoms with E-state index < -0.39 is 0 Å². The Kier molecular flexibility index (Phi) is 6.62. The maximum Gasteiger partial charge on any atom is 0.191 e. The highest BCUT2D eigenvalue weighted by Gasteiger charge is 2.25. The molecule has 4 rings (SSSR count). The first kappa shape index (κ1) is 21.1. The largest absolute Gasteiger partial charge is 0.495 e. The van der Waals surface area contributed by atoms with Crippen molar-refractivity contribution in [3.63, 3.8) is 0 Å². The summed E-state index contributed by atoms with van der Waals surface area (Å²) in [6.07, 6.45) is 0.985. The number of aromatic nitrogens is 1. The van der Waals surface area contributed by atoms with Gasteiger partial charge >= 0.3 is 0 Å². The van der Waals surface area contributed by atoms with E-state index in [4.69, 9.17) is 20.9 Å². The maximum atomic E-state index is 6.20. The Morgan fingerprint density at radius 3 is 2.87 bits per heavy atom. The average Bonchev–Trinajstić information content (AvgIpc) is 3.47. The summed E-state index contributed by atoms with van der Waals surface area (Å²) in [5.74, 6) is 2.31. The Bertz CT molecular complexity index is 1040. The molecule has 31 heavy (non-hydrogen) atoms. The molecule has 1 aliphatic heterocycles. The number of guanidine groups is 1. The summed E-state index contributed by atoms with van der Waals surface area (Å²) in [5.41, 5.74) is 2.84. The number of nitrogens with one attached hydrogen (secondary N) is 2. The molecule has 0 bridgehead atoms. The molecule has 2 N–H and O–H groups in total. The third-order valence-electron chi connectivity index (χ3n) is 5.29. The highest BCUT2D eigenvalue weighted by Crippen LogP contribution is 2.33. The first-order valence-corrected chi connectivity index (χ1v) is 10.6. The summed E-state index contributed by atoms with van der Waals surface area (Å²) in [6.45, 7) is 2.27. The number of hydrogen-bond acceptors (Lipinski definition) is 5. The van der Waals surface area contributed by atoms with E-state index in [0.717, 1.165) is 53.9 Å². The molecule has 0 aliphatic carbocycles. The van der Waals surface area contributed by atoms with Gasteiger partial charge in [0.25, 0.3) is 0 Å². The standard InChI is InChI=1S/C23H26ClN5O2/c1-25-23(26-14-19-13-22(31-28-19)16-6-4-3-5-7-16)27-18-10-11-29(15-18)20-12-17(24)8-9-21(20)30-2/h3-9,12-13,18H,10-11,14-15H2,1-2H3,(H2,25,26,27).